The van der Waals surface area contributed by atoms with Crippen LogP contribution in [0.5, 0.6) is 5.75 Å². The summed E-state index contributed by atoms with van der Waals surface area (Å²) in [7, 11) is 1.81. The zero-order valence-electron chi connectivity index (χ0n) is 14.1. The number of rotatable bonds is 7. The van der Waals surface area contributed by atoms with E-state index in [1.165, 1.54) is 19.5 Å². The third kappa shape index (κ3) is 7.39. The second kappa shape index (κ2) is 11.5. The number of nitrogens with zero attached hydrogens (tertiary/aromatic N) is 2. The third-order valence-corrected chi connectivity index (χ3v) is 4.01. The molecule has 23 heavy (non-hydrogen) atoms. The first kappa shape index (κ1) is 20.0. The lowest BCUT2D eigenvalue weighted by Crippen LogP contribution is -2.41. The molecular formula is C17H29IN4O. The van der Waals surface area contributed by atoms with Crippen LogP contribution in [0.1, 0.15) is 13.3 Å². The Morgan fingerprint density at radius 3 is 2.74 bits per heavy atom. The van der Waals surface area contributed by atoms with Gasteiger partial charge in [-0.15, -0.1) is 24.0 Å². The van der Waals surface area contributed by atoms with Crippen LogP contribution in [0.25, 0.3) is 0 Å². The summed E-state index contributed by atoms with van der Waals surface area (Å²) >= 11 is 0. The van der Waals surface area contributed by atoms with Crippen LogP contribution in [0, 0.1) is 5.92 Å². The summed E-state index contributed by atoms with van der Waals surface area (Å²) in [5.74, 6) is 2.48. The zero-order chi connectivity index (χ0) is 15.6. The molecular weight excluding hydrogens is 403 g/mol. The molecule has 2 rings (SSSR count). The molecule has 1 aromatic rings. The number of ether oxygens (including phenoxy) is 1. The van der Waals surface area contributed by atoms with E-state index < -0.39 is 0 Å². The quantitative estimate of drug-likeness (QED) is 0.300. The first-order valence-corrected chi connectivity index (χ1v) is 8.16. The first-order valence-electron chi connectivity index (χ1n) is 8.16. The van der Waals surface area contributed by atoms with E-state index in [1.54, 1.807) is 7.05 Å². The molecule has 0 radical (unpaired) electrons. The molecule has 2 N–H and O–H groups in total. The fourth-order valence-corrected chi connectivity index (χ4v) is 2.68. The highest BCUT2D eigenvalue weighted by atomic mass is 127. The second-order valence-electron chi connectivity index (χ2n) is 5.59. The number of hydrogen-bond acceptors (Lipinski definition) is 3. The molecule has 6 heteroatoms. The molecule has 1 heterocycles. The lowest BCUT2D eigenvalue weighted by Gasteiger charge is -2.16. The number of guanidine groups is 1. The van der Waals surface area contributed by atoms with Gasteiger partial charge in [0.05, 0.1) is 6.54 Å². The summed E-state index contributed by atoms with van der Waals surface area (Å²) in [5, 5.41) is 6.70. The predicted molar refractivity (Wildman–Crippen MR) is 107 cm³/mol. The molecule has 5 nitrogen and oxygen atoms in total. The highest BCUT2D eigenvalue weighted by molar-refractivity contribution is 14.0. The van der Waals surface area contributed by atoms with Gasteiger partial charge in [0.1, 0.15) is 12.4 Å². The van der Waals surface area contributed by atoms with Gasteiger partial charge in [-0.2, -0.15) is 0 Å². The minimum atomic E-state index is 0. The lowest BCUT2D eigenvalue weighted by molar-refractivity contribution is 0.321. The molecule has 1 aliphatic rings. The Bertz CT molecular complexity index is 455. The Labute approximate surface area is 156 Å². The maximum absolute atomic E-state index is 5.66. The Balaban J connectivity index is 0.00000264. The lowest BCUT2D eigenvalue weighted by atomic mass is 10.1. The molecule has 0 aromatic heterocycles. The molecule has 1 atom stereocenters. The van der Waals surface area contributed by atoms with Crippen LogP contribution in [0.15, 0.2) is 35.3 Å². The summed E-state index contributed by atoms with van der Waals surface area (Å²) in [6, 6.07) is 9.87. The van der Waals surface area contributed by atoms with E-state index in [-0.39, 0.29) is 24.0 Å². The molecule has 0 bridgehead atoms. The van der Waals surface area contributed by atoms with Crippen molar-refractivity contribution in [2.45, 2.75) is 13.3 Å². The molecule has 0 aliphatic carbocycles. The van der Waals surface area contributed by atoms with Crippen molar-refractivity contribution in [3.05, 3.63) is 30.3 Å². The number of benzene rings is 1. The van der Waals surface area contributed by atoms with Crippen LogP contribution >= 0.6 is 24.0 Å². The fraction of sp³-hybridized carbons (Fsp3) is 0.588. The summed E-state index contributed by atoms with van der Waals surface area (Å²) in [6.45, 7) is 8.13. The normalized spacial score (nSPS) is 18.3. The van der Waals surface area contributed by atoms with Crippen LogP contribution < -0.4 is 15.4 Å². The molecule has 0 amide bonds. The van der Waals surface area contributed by atoms with Gasteiger partial charge in [0.15, 0.2) is 5.96 Å². The van der Waals surface area contributed by atoms with Gasteiger partial charge in [-0.25, -0.2) is 0 Å². The largest absolute Gasteiger partial charge is 0.492 e. The van der Waals surface area contributed by atoms with Crippen LogP contribution in [0.4, 0.5) is 0 Å². The van der Waals surface area contributed by atoms with Crippen LogP contribution in [-0.2, 0) is 0 Å². The number of likely N-dealkylation sites (tertiary alicyclic amines) is 1. The van der Waals surface area contributed by atoms with Crippen molar-refractivity contribution in [3.63, 3.8) is 0 Å². The van der Waals surface area contributed by atoms with Crippen molar-refractivity contribution in [2.75, 3.05) is 46.4 Å². The number of nitrogens with one attached hydrogen (secondary N) is 2. The summed E-state index contributed by atoms with van der Waals surface area (Å²) in [4.78, 5) is 6.75. The standard InChI is InChI=1S/C17H28N4O.HI/c1-3-21-11-9-15(14-21)13-20-17(18-2)19-10-12-22-16-7-5-4-6-8-16;/h4-8,15H,3,9-14H2,1-2H3,(H2,18,19,20);1H. The van der Waals surface area contributed by atoms with E-state index in [1.807, 2.05) is 30.3 Å². The number of halogens is 1. The van der Waals surface area contributed by atoms with Crippen molar-refractivity contribution < 1.29 is 4.74 Å². The van der Waals surface area contributed by atoms with Gasteiger partial charge in [0.25, 0.3) is 0 Å². The van der Waals surface area contributed by atoms with E-state index in [9.17, 15) is 0 Å². The van der Waals surface area contributed by atoms with Gasteiger partial charge in [0.2, 0.25) is 0 Å². The fourth-order valence-electron chi connectivity index (χ4n) is 2.68. The van der Waals surface area contributed by atoms with Gasteiger partial charge < -0.3 is 20.3 Å². The average Bonchev–Trinajstić information content (AvgIpc) is 3.03. The average molecular weight is 432 g/mol. The van der Waals surface area contributed by atoms with Crippen molar-refractivity contribution in [1.29, 1.82) is 0 Å². The number of hydrogen-bond donors (Lipinski definition) is 2. The van der Waals surface area contributed by atoms with Crippen LogP contribution in [0.2, 0.25) is 0 Å². The highest BCUT2D eigenvalue weighted by Gasteiger charge is 2.20. The molecule has 1 unspecified atom stereocenters. The maximum atomic E-state index is 5.66. The molecule has 1 fully saturated rings. The van der Waals surface area contributed by atoms with Gasteiger partial charge in [0, 0.05) is 20.1 Å². The second-order valence-corrected chi connectivity index (χ2v) is 5.59. The number of para-hydroxylation sites is 1. The zero-order valence-corrected chi connectivity index (χ0v) is 16.5. The third-order valence-electron chi connectivity index (χ3n) is 4.01. The van der Waals surface area contributed by atoms with Gasteiger partial charge in [-0.3, -0.25) is 4.99 Å². The highest BCUT2D eigenvalue weighted by Crippen LogP contribution is 2.14. The van der Waals surface area contributed by atoms with Gasteiger partial charge >= 0.3 is 0 Å². The van der Waals surface area contributed by atoms with Gasteiger partial charge in [-0.05, 0) is 37.6 Å². The Hall–Kier alpha value is -1.02. The molecule has 1 saturated heterocycles. The van der Waals surface area contributed by atoms with E-state index in [0.717, 1.165) is 37.3 Å². The maximum Gasteiger partial charge on any atom is 0.191 e. The van der Waals surface area contributed by atoms with E-state index >= 15 is 0 Å². The van der Waals surface area contributed by atoms with Crippen LogP contribution in [-0.4, -0.2) is 57.2 Å². The van der Waals surface area contributed by atoms with E-state index in [2.05, 4.69) is 27.4 Å². The predicted octanol–water partition coefficient (Wildman–Crippen LogP) is 2.19. The SMILES string of the molecule is CCN1CCC(CNC(=NC)NCCOc2ccccc2)C1.I. The Morgan fingerprint density at radius 1 is 1.30 bits per heavy atom. The van der Waals surface area contributed by atoms with Gasteiger partial charge in [-0.1, -0.05) is 25.1 Å². The Kier molecular flexibility index (Phi) is 10.0. The molecule has 0 spiro atoms. The summed E-state index contributed by atoms with van der Waals surface area (Å²) in [6.07, 6.45) is 1.27. The van der Waals surface area contributed by atoms with Crippen molar-refractivity contribution in [3.8, 4) is 5.75 Å². The topological polar surface area (TPSA) is 48.9 Å². The van der Waals surface area contributed by atoms with E-state index in [4.69, 9.17) is 4.74 Å². The first-order chi connectivity index (χ1) is 10.8. The molecule has 130 valence electrons. The molecule has 0 saturated carbocycles. The molecule has 1 aromatic carbocycles. The van der Waals surface area contributed by atoms with Crippen molar-refractivity contribution >= 4 is 29.9 Å². The Morgan fingerprint density at radius 2 is 2.09 bits per heavy atom. The van der Waals surface area contributed by atoms with E-state index in [0.29, 0.717) is 6.61 Å². The molecule has 1 aliphatic heterocycles. The summed E-state index contributed by atoms with van der Waals surface area (Å²) in [5.41, 5.74) is 0. The summed E-state index contributed by atoms with van der Waals surface area (Å²) < 4.78 is 5.66. The smallest absolute Gasteiger partial charge is 0.191 e. The number of aliphatic imine (C=N–C) groups is 1. The minimum Gasteiger partial charge on any atom is -0.492 e. The van der Waals surface area contributed by atoms with Crippen LogP contribution in [0.3, 0.4) is 0 Å². The van der Waals surface area contributed by atoms with Crippen molar-refractivity contribution in [1.82, 2.24) is 15.5 Å². The van der Waals surface area contributed by atoms with Crippen molar-refractivity contribution in [2.24, 2.45) is 10.9 Å². The monoisotopic (exact) mass is 432 g/mol. The minimum absolute atomic E-state index is 0.